The predicted octanol–water partition coefficient (Wildman–Crippen LogP) is 3.11. The number of hydrogen-bond donors (Lipinski definition) is 1. The fraction of sp³-hybridized carbons (Fsp3) is 0.364. The molecule has 0 aliphatic carbocycles. The number of ether oxygens (including phenoxy) is 3. The SMILES string of the molecule is C#CCOc1ccccc1CNCC(c1ccc(OC)c(OC)c1)N(C)C. The smallest absolute Gasteiger partial charge is 0.161 e. The molecule has 2 rings (SSSR count). The molecule has 1 unspecified atom stereocenters. The van der Waals surface area contributed by atoms with Gasteiger partial charge in [0.25, 0.3) is 0 Å². The van der Waals surface area contributed by atoms with Crippen molar-refractivity contribution in [1.29, 1.82) is 0 Å². The van der Waals surface area contributed by atoms with Crippen LogP contribution in [-0.2, 0) is 6.54 Å². The van der Waals surface area contributed by atoms with Gasteiger partial charge in [-0.15, -0.1) is 6.42 Å². The summed E-state index contributed by atoms with van der Waals surface area (Å²) in [6.07, 6.45) is 5.29. The molecule has 0 aliphatic rings. The molecule has 0 amide bonds. The lowest BCUT2D eigenvalue weighted by atomic mass is 10.0. The number of rotatable bonds is 10. The molecule has 1 atom stereocenters. The van der Waals surface area contributed by atoms with Gasteiger partial charge in [-0.25, -0.2) is 0 Å². The van der Waals surface area contributed by atoms with Gasteiger partial charge in [-0.2, -0.15) is 0 Å². The zero-order valence-corrected chi connectivity index (χ0v) is 16.5. The van der Waals surface area contributed by atoms with Gasteiger partial charge >= 0.3 is 0 Å². The second kappa shape index (κ2) is 10.5. The summed E-state index contributed by atoms with van der Waals surface area (Å²) in [5, 5.41) is 3.52. The van der Waals surface area contributed by atoms with E-state index in [1.807, 2.05) is 36.4 Å². The van der Waals surface area contributed by atoms with E-state index in [0.717, 1.165) is 34.9 Å². The number of likely N-dealkylation sites (N-methyl/N-ethyl adjacent to an activating group) is 1. The minimum Gasteiger partial charge on any atom is -0.493 e. The molecule has 0 aromatic heterocycles. The maximum Gasteiger partial charge on any atom is 0.161 e. The Labute approximate surface area is 162 Å². The second-order valence-corrected chi connectivity index (χ2v) is 6.33. The van der Waals surface area contributed by atoms with Gasteiger partial charge in [0.05, 0.1) is 14.2 Å². The highest BCUT2D eigenvalue weighted by Gasteiger charge is 2.16. The lowest BCUT2D eigenvalue weighted by Crippen LogP contribution is -2.31. The summed E-state index contributed by atoms with van der Waals surface area (Å²) in [5.41, 5.74) is 2.24. The zero-order valence-electron chi connectivity index (χ0n) is 16.5. The maximum atomic E-state index is 5.61. The van der Waals surface area contributed by atoms with Crippen molar-refractivity contribution in [3.05, 3.63) is 53.6 Å². The topological polar surface area (TPSA) is 43.0 Å². The number of para-hydroxylation sites is 1. The van der Waals surface area contributed by atoms with Crippen LogP contribution in [0.1, 0.15) is 17.2 Å². The third kappa shape index (κ3) is 5.65. The van der Waals surface area contributed by atoms with Crippen molar-refractivity contribution in [3.8, 4) is 29.6 Å². The fourth-order valence-electron chi connectivity index (χ4n) is 2.91. The van der Waals surface area contributed by atoms with Crippen molar-refractivity contribution in [1.82, 2.24) is 10.2 Å². The molecule has 0 heterocycles. The van der Waals surface area contributed by atoms with Gasteiger partial charge in [-0.05, 0) is 37.9 Å². The molecule has 0 aliphatic heterocycles. The highest BCUT2D eigenvalue weighted by Crippen LogP contribution is 2.31. The number of nitrogens with zero attached hydrogens (tertiary/aromatic N) is 1. The summed E-state index contributed by atoms with van der Waals surface area (Å²) in [6.45, 7) is 1.73. The van der Waals surface area contributed by atoms with Crippen LogP contribution in [0, 0.1) is 12.3 Å². The van der Waals surface area contributed by atoms with E-state index in [9.17, 15) is 0 Å². The maximum absolute atomic E-state index is 5.61. The Hall–Kier alpha value is -2.68. The van der Waals surface area contributed by atoms with Crippen molar-refractivity contribution in [2.24, 2.45) is 0 Å². The molecular weight excluding hydrogens is 340 g/mol. The highest BCUT2D eigenvalue weighted by molar-refractivity contribution is 5.44. The monoisotopic (exact) mass is 368 g/mol. The Morgan fingerprint density at radius 3 is 2.44 bits per heavy atom. The Morgan fingerprint density at radius 2 is 1.78 bits per heavy atom. The molecule has 2 aromatic rings. The van der Waals surface area contributed by atoms with E-state index in [2.05, 4.69) is 36.3 Å². The summed E-state index contributed by atoms with van der Waals surface area (Å²) >= 11 is 0. The first-order valence-electron chi connectivity index (χ1n) is 8.84. The number of terminal acetylenes is 1. The zero-order chi connectivity index (χ0) is 19.6. The van der Waals surface area contributed by atoms with Crippen molar-refractivity contribution in [2.45, 2.75) is 12.6 Å². The predicted molar refractivity (Wildman–Crippen MR) is 108 cm³/mol. The van der Waals surface area contributed by atoms with Gasteiger partial charge in [0.15, 0.2) is 11.5 Å². The summed E-state index contributed by atoms with van der Waals surface area (Å²) in [6, 6.07) is 14.1. The first-order valence-corrected chi connectivity index (χ1v) is 8.84. The number of methoxy groups -OCH3 is 2. The van der Waals surface area contributed by atoms with Crippen LogP contribution in [0.2, 0.25) is 0 Å². The van der Waals surface area contributed by atoms with Gasteiger partial charge in [0.1, 0.15) is 12.4 Å². The van der Waals surface area contributed by atoms with Crippen LogP contribution in [-0.4, -0.2) is 46.4 Å². The van der Waals surface area contributed by atoms with E-state index in [-0.39, 0.29) is 12.6 Å². The van der Waals surface area contributed by atoms with E-state index in [1.54, 1.807) is 14.2 Å². The van der Waals surface area contributed by atoms with Gasteiger partial charge in [-0.1, -0.05) is 30.2 Å². The average Bonchev–Trinajstić information content (AvgIpc) is 2.69. The van der Waals surface area contributed by atoms with E-state index in [0.29, 0.717) is 6.54 Å². The van der Waals surface area contributed by atoms with Crippen LogP contribution in [0.3, 0.4) is 0 Å². The number of nitrogens with one attached hydrogen (secondary N) is 1. The minimum absolute atomic E-state index is 0.184. The van der Waals surface area contributed by atoms with Crippen molar-refractivity contribution in [3.63, 3.8) is 0 Å². The quantitative estimate of drug-likeness (QED) is 0.653. The molecule has 5 nitrogen and oxygen atoms in total. The Morgan fingerprint density at radius 1 is 1.04 bits per heavy atom. The van der Waals surface area contributed by atoms with E-state index >= 15 is 0 Å². The molecule has 0 bridgehead atoms. The number of hydrogen-bond acceptors (Lipinski definition) is 5. The Bertz CT molecular complexity index is 768. The van der Waals surface area contributed by atoms with Crippen molar-refractivity contribution in [2.75, 3.05) is 41.5 Å². The molecule has 0 spiro atoms. The Balaban J connectivity index is 2.07. The first-order chi connectivity index (χ1) is 13.1. The summed E-state index contributed by atoms with van der Waals surface area (Å²) in [4.78, 5) is 2.18. The molecule has 1 N–H and O–H groups in total. The number of benzene rings is 2. The Kier molecular flexibility index (Phi) is 8.00. The van der Waals surface area contributed by atoms with Crippen LogP contribution >= 0.6 is 0 Å². The highest BCUT2D eigenvalue weighted by atomic mass is 16.5. The van der Waals surface area contributed by atoms with Crippen LogP contribution < -0.4 is 19.5 Å². The summed E-state index contributed by atoms with van der Waals surface area (Å²) in [7, 11) is 7.42. The van der Waals surface area contributed by atoms with E-state index in [4.69, 9.17) is 20.6 Å². The largest absolute Gasteiger partial charge is 0.493 e. The average molecular weight is 368 g/mol. The van der Waals surface area contributed by atoms with Crippen LogP contribution in [0.25, 0.3) is 0 Å². The summed E-state index contributed by atoms with van der Waals surface area (Å²) in [5.74, 6) is 4.78. The van der Waals surface area contributed by atoms with Crippen molar-refractivity contribution < 1.29 is 14.2 Å². The molecule has 0 fully saturated rings. The fourth-order valence-corrected chi connectivity index (χ4v) is 2.91. The first kappa shape index (κ1) is 20.6. The lowest BCUT2D eigenvalue weighted by molar-refractivity contribution is 0.285. The van der Waals surface area contributed by atoms with E-state index in [1.165, 1.54) is 0 Å². The van der Waals surface area contributed by atoms with Crippen LogP contribution in [0.4, 0.5) is 0 Å². The van der Waals surface area contributed by atoms with E-state index < -0.39 is 0 Å². The third-order valence-electron chi connectivity index (χ3n) is 4.35. The van der Waals surface area contributed by atoms with Crippen molar-refractivity contribution >= 4 is 0 Å². The molecule has 5 heteroatoms. The molecule has 0 radical (unpaired) electrons. The molecule has 144 valence electrons. The van der Waals surface area contributed by atoms with Gasteiger partial charge < -0.3 is 24.4 Å². The third-order valence-corrected chi connectivity index (χ3v) is 4.35. The lowest BCUT2D eigenvalue weighted by Gasteiger charge is -2.26. The standard InChI is InChI=1S/C22H28N2O3/c1-6-13-27-20-10-8-7-9-18(20)15-23-16-19(24(2)3)17-11-12-21(25-4)22(14-17)26-5/h1,7-12,14,19,23H,13,15-16H2,2-5H3. The molecule has 0 saturated heterocycles. The van der Waals surface area contributed by atoms with Crippen LogP contribution in [0.5, 0.6) is 17.2 Å². The molecule has 2 aromatic carbocycles. The van der Waals surface area contributed by atoms with Gasteiger partial charge in [0.2, 0.25) is 0 Å². The van der Waals surface area contributed by atoms with Gasteiger partial charge in [0, 0.05) is 24.7 Å². The minimum atomic E-state index is 0.184. The molecule has 0 saturated carbocycles. The van der Waals surface area contributed by atoms with Crippen LogP contribution in [0.15, 0.2) is 42.5 Å². The normalized spacial score (nSPS) is 11.7. The van der Waals surface area contributed by atoms with Gasteiger partial charge in [-0.3, -0.25) is 0 Å². The summed E-state index contributed by atoms with van der Waals surface area (Å²) < 4.78 is 16.4. The second-order valence-electron chi connectivity index (χ2n) is 6.33. The molecular formula is C22H28N2O3. The molecule has 27 heavy (non-hydrogen) atoms.